The Labute approximate surface area is 107 Å². The van der Waals surface area contributed by atoms with Crippen LogP contribution in [0.15, 0.2) is 46.5 Å². The van der Waals surface area contributed by atoms with Gasteiger partial charge in [0.1, 0.15) is 10.8 Å². The van der Waals surface area contributed by atoms with Gasteiger partial charge in [0.2, 0.25) is 0 Å². The van der Waals surface area contributed by atoms with Gasteiger partial charge < -0.3 is 10.8 Å². The van der Waals surface area contributed by atoms with Crippen molar-refractivity contribution in [1.82, 2.24) is 4.98 Å². The number of nitrogens with zero attached hydrogens (tertiary/aromatic N) is 1. The summed E-state index contributed by atoms with van der Waals surface area (Å²) in [6.07, 6.45) is 1.30. The van der Waals surface area contributed by atoms with Crippen LogP contribution >= 0.6 is 11.8 Å². The SMILES string of the molecule is Nc1cnc(Sc2ccc(F)cc2)cc1C(=O)O. The van der Waals surface area contributed by atoms with E-state index in [2.05, 4.69) is 4.98 Å². The Balaban J connectivity index is 2.27. The molecule has 1 aromatic carbocycles. The van der Waals surface area contributed by atoms with Crippen molar-refractivity contribution in [2.24, 2.45) is 0 Å². The highest BCUT2D eigenvalue weighted by molar-refractivity contribution is 7.99. The number of halogens is 1. The van der Waals surface area contributed by atoms with E-state index in [1.54, 1.807) is 12.1 Å². The molecule has 0 spiro atoms. The maximum Gasteiger partial charge on any atom is 0.337 e. The van der Waals surface area contributed by atoms with Crippen molar-refractivity contribution in [1.29, 1.82) is 0 Å². The van der Waals surface area contributed by atoms with Crippen molar-refractivity contribution >= 4 is 23.4 Å². The fourth-order valence-corrected chi connectivity index (χ4v) is 2.11. The number of benzene rings is 1. The van der Waals surface area contributed by atoms with Crippen LogP contribution in [0.4, 0.5) is 10.1 Å². The average Bonchev–Trinajstić information content (AvgIpc) is 2.34. The molecule has 0 atom stereocenters. The Morgan fingerprint density at radius 1 is 1.33 bits per heavy atom. The maximum absolute atomic E-state index is 12.7. The molecule has 18 heavy (non-hydrogen) atoms. The lowest BCUT2D eigenvalue weighted by Gasteiger charge is -2.04. The Bertz CT molecular complexity index is 587. The topological polar surface area (TPSA) is 76.2 Å². The predicted molar refractivity (Wildman–Crippen MR) is 66.1 cm³/mol. The van der Waals surface area contributed by atoms with E-state index in [1.165, 1.54) is 36.2 Å². The quantitative estimate of drug-likeness (QED) is 0.891. The molecular formula is C12H9FN2O2S. The van der Waals surface area contributed by atoms with Gasteiger partial charge in [-0.25, -0.2) is 14.2 Å². The number of aromatic carboxylic acids is 1. The third kappa shape index (κ3) is 2.78. The minimum Gasteiger partial charge on any atom is -0.478 e. The average molecular weight is 264 g/mol. The molecule has 2 rings (SSSR count). The van der Waals surface area contributed by atoms with Gasteiger partial charge in [0.25, 0.3) is 0 Å². The number of nitrogen functional groups attached to an aromatic ring is 1. The number of carboxylic acids is 1. The molecule has 0 aliphatic carbocycles. The van der Waals surface area contributed by atoms with E-state index in [0.29, 0.717) is 5.03 Å². The maximum atomic E-state index is 12.7. The van der Waals surface area contributed by atoms with Gasteiger partial charge in [0.15, 0.2) is 0 Å². The summed E-state index contributed by atoms with van der Waals surface area (Å²) >= 11 is 1.24. The molecule has 0 radical (unpaired) electrons. The highest BCUT2D eigenvalue weighted by Crippen LogP contribution is 2.27. The summed E-state index contributed by atoms with van der Waals surface area (Å²) in [7, 11) is 0. The normalized spacial score (nSPS) is 10.3. The molecule has 0 saturated heterocycles. The summed E-state index contributed by atoms with van der Waals surface area (Å²) in [4.78, 5) is 15.7. The molecule has 0 amide bonds. The number of hydrogen-bond donors (Lipinski definition) is 2. The minimum atomic E-state index is -1.10. The molecule has 3 N–H and O–H groups in total. The molecule has 4 nitrogen and oxygen atoms in total. The predicted octanol–water partition coefficient (Wildman–Crippen LogP) is 2.65. The van der Waals surface area contributed by atoms with Crippen molar-refractivity contribution in [2.75, 3.05) is 5.73 Å². The van der Waals surface area contributed by atoms with E-state index >= 15 is 0 Å². The van der Waals surface area contributed by atoms with Crippen LogP contribution in [0.1, 0.15) is 10.4 Å². The van der Waals surface area contributed by atoms with Gasteiger partial charge >= 0.3 is 5.97 Å². The highest BCUT2D eigenvalue weighted by atomic mass is 32.2. The fourth-order valence-electron chi connectivity index (χ4n) is 1.31. The fraction of sp³-hybridized carbons (Fsp3) is 0. The zero-order valence-corrected chi connectivity index (χ0v) is 9.95. The molecule has 0 saturated carbocycles. The first-order chi connectivity index (χ1) is 8.56. The Hall–Kier alpha value is -2.08. The lowest BCUT2D eigenvalue weighted by Crippen LogP contribution is -2.03. The lowest BCUT2D eigenvalue weighted by atomic mass is 10.2. The summed E-state index contributed by atoms with van der Waals surface area (Å²) in [5, 5.41) is 9.42. The number of pyridine rings is 1. The third-order valence-electron chi connectivity index (χ3n) is 2.18. The molecule has 2 aromatic rings. The standard InChI is InChI=1S/C12H9FN2O2S/c13-7-1-3-8(4-2-7)18-11-5-9(12(16)17)10(14)6-15-11/h1-6H,14H2,(H,16,17). The minimum absolute atomic E-state index is 0.00890. The van der Waals surface area contributed by atoms with Crippen molar-refractivity contribution < 1.29 is 14.3 Å². The van der Waals surface area contributed by atoms with Gasteiger partial charge in [0, 0.05) is 4.90 Å². The number of nitrogens with two attached hydrogens (primary N) is 1. The van der Waals surface area contributed by atoms with E-state index in [9.17, 15) is 9.18 Å². The molecule has 6 heteroatoms. The second kappa shape index (κ2) is 5.05. The van der Waals surface area contributed by atoms with Crippen LogP contribution in [0.5, 0.6) is 0 Å². The van der Waals surface area contributed by atoms with Gasteiger partial charge in [-0.2, -0.15) is 0 Å². The summed E-state index contributed by atoms with van der Waals surface area (Å²) < 4.78 is 12.7. The Morgan fingerprint density at radius 2 is 2.00 bits per heavy atom. The number of anilines is 1. The molecular weight excluding hydrogens is 255 g/mol. The lowest BCUT2D eigenvalue weighted by molar-refractivity contribution is 0.0697. The molecule has 1 aromatic heterocycles. The number of aromatic nitrogens is 1. The first kappa shape index (κ1) is 12.4. The number of carboxylic acid groups (broad SMARTS) is 1. The number of rotatable bonds is 3. The van der Waals surface area contributed by atoms with Gasteiger partial charge in [-0.15, -0.1) is 0 Å². The van der Waals surface area contributed by atoms with Crippen LogP contribution in [0.25, 0.3) is 0 Å². The van der Waals surface area contributed by atoms with Gasteiger partial charge in [0.05, 0.1) is 17.4 Å². The van der Waals surface area contributed by atoms with Gasteiger partial charge in [-0.1, -0.05) is 11.8 Å². The van der Waals surface area contributed by atoms with Crippen molar-refractivity contribution in [3.05, 3.63) is 47.9 Å². The third-order valence-corrected chi connectivity index (χ3v) is 3.12. The van der Waals surface area contributed by atoms with E-state index in [-0.39, 0.29) is 17.1 Å². The second-order valence-corrected chi connectivity index (χ2v) is 4.56. The van der Waals surface area contributed by atoms with E-state index in [4.69, 9.17) is 10.8 Å². The van der Waals surface area contributed by atoms with Crippen molar-refractivity contribution in [3.8, 4) is 0 Å². The van der Waals surface area contributed by atoms with E-state index in [0.717, 1.165) is 4.90 Å². The van der Waals surface area contributed by atoms with Crippen LogP contribution in [-0.4, -0.2) is 16.1 Å². The molecule has 0 fully saturated rings. The van der Waals surface area contributed by atoms with Crippen LogP contribution in [0.2, 0.25) is 0 Å². The Kier molecular flexibility index (Phi) is 3.47. The zero-order valence-electron chi connectivity index (χ0n) is 9.13. The molecule has 92 valence electrons. The van der Waals surface area contributed by atoms with Crippen LogP contribution < -0.4 is 5.73 Å². The number of carbonyl (C=O) groups is 1. The van der Waals surface area contributed by atoms with Crippen LogP contribution in [0, 0.1) is 5.82 Å². The molecule has 0 unspecified atom stereocenters. The van der Waals surface area contributed by atoms with E-state index < -0.39 is 5.97 Å². The second-order valence-electron chi connectivity index (χ2n) is 3.47. The molecule has 0 aliphatic rings. The van der Waals surface area contributed by atoms with Crippen molar-refractivity contribution in [3.63, 3.8) is 0 Å². The Morgan fingerprint density at radius 3 is 2.61 bits per heavy atom. The smallest absolute Gasteiger partial charge is 0.337 e. The first-order valence-electron chi connectivity index (χ1n) is 4.98. The molecule has 1 heterocycles. The summed E-state index contributed by atoms with van der Waals surface area (Å²) in [6, 6.07) is 7.25. The van der Waals surface area contributed by atoms with Gasteiger partial charge in [-0.3, -0.25) is 0 Å². The largest absolute Gasteiger partial charge is 0.478 e. The highest BCUT2D eigenvalue weighted by Gasteiger charge is 2.10. The first-order valence-corrected chi connectivity index (χ1v) is 5.80. The summed E-state index contributed by atoms with van der Waals surface area (Å²) in [5.41, 5.74) is 5.63. The summed E-state index contributed by atoms with van der Waals surface area (Å²) in [6.45, 7) is 0. The van der Waals surface area contributed by atoms with Crippen LogP contribution in [-0.2, 0) is 0 Å². The van der Waals surface area contributed by atoms with E-state index in [1.807, 2.05) is 0 Å². The van der Waals surface area contributed by atoms with Crippen molar-refractivity contribution in [2.45, 2.75) is 9.92 Å². The summed E-state index contributed by atoms with van der Waals surface area (Å²) in [5.74, 6) is -1.42. The monoisotopic (exact) mass is 264 g/mol. The van der Waals surface area contributed by atoms with Crippen LogP contribution in [0.3, 0.4) is 0 Å². The van der Waals surface area contributed by atoms with Gasteiger partial charge in [-0.05, 0) is 30.3 Å². The molecule has 0 bridgehead atoms. The molecule has 0 aliphatic heterocycles. The zero-order chi connectivity index (χ0) is 13.1. The number of hydrogen-bond acceptors (Lipinski definition) is 4.